The monoisotopic (exact) mass is 207 g/mol. The van der Waals surface area contributed by atoms with Gasteiger partial charge in [-0.15, -0.1) is 0 Å². The molecule has 15 heavy (non-hydrogen) atoms. The highest BCUT2D eigenvalue weighted by atomic mass is 14.9. The first-order valence-electron chi connectivity index (χ1n) is 6.84. The van der Waals surface area contributed by atoms with Crippen LogP contribution in [-0.4, -0.2) is 13.1 Å². The Morgan fingerprint density at radius 1 is 1.13 bits per heavy atom. The molecule has 0 saturated heterocycles. The van der Waals surface area contributed by atoms with Gasteiger partial charge in [0.1, 0.15) is 0 Å². The van der Waals surface area contributed by atoms with Gasteiger partial charge >= 0.3 is 0 Å². The van der Waals surface area contributed by atoms with Gasteiger partial charge in [0.05, 0.1) is 0 Å². The molecule has 0 aliphatic heterocycles. The summed E-state index contributed by atoms with van der Waals surface area (Å²) in [5.41, 5.74) is 1.42. The van der Waals surface area contributed by atoms with Crippen LogP contribution in [0.3, 0.4) is 0 Å². The Morgan fingerprint density at radius 2 is 1.80 bits per heavy atom. The fraction of sp³-hybridized carbons (Fsp3) is 1.00. The normalized spacial score (nSPS) is 52.4. The van der Waals surface area contributed by atoms with Crippen molar-refractivity contribution in [1.29, 1.82) is 0 Å². The van der Waals surface area contributed by atoms with Crippen LogP contribution in [0.5, 0.6) is 0 Å². The van der Waals surface area contributed by atoms with Crippen LogP contribution in [0, 0.1) is 22.7 Å². The van der Waals surface area contributed by atoms with Crippen molar-refractivity contribution in [3.63, 3.8) is 0 Å². The standard InChI is InChI=1S/C14H25N/c1-3-15-10-14-7-11-4-12(8-14)6-13(2,5-11)9-14/h11-12,15H,3-10H2,1-2H3. The molecule has 0 amide bonds. The lowest BCUT2D eigenvalue weighted by Gasteiger charge is -2.61. The van der Waals surface area contributed by atoms with E-state index in [1.165, 1.54) is 38.6 Å². The van der Waals surface area contributed by atoms with Crippen molar-refractivity contribution in [2.24, 2.45) is 22.7 Å². The SMILES string of the molecule is CCNCC12CC3CC(CC(C)(C3)C1)C2. The zero-order chi connectivity index (χ0) is 10.5. The molecule has 4 aliphatic carbocycles. The Bertz CT molecular complexity index is 244. The zero-order valence-corrected chi connectivity index (χ0v) is 10.3. The van der Waals surface area contributed by atoms with E-state index in [2.05, 4.69) is 19.2 Å². The molecule has 4 bridgehead atoms. The first-order valence-corrected chi connectivity index (χ1v) is 6.84. The van der Waals surface area contributed by atoms with Crippen LogP contribution in [0.1, 0.15) is 52.4 Å². The molecule has 0 aromatic carbocycles. The third-order valence-corrected chi connectivity index (χ3v) is 5.22. The second-order valence-electron chi connectivity index (χ2n) is 7.05. The van der Waals surface area contributed by atoms with Gasteiger partial charge in [-0.25, -0.2) is 0 Å². The quantitative estimate of drug-likeness (QED) is 0.749. The Hall–Kier alpha value is -0.0400. The molecular weight excluding hydrogens is 182 g/mol. The third-order valence-electron chi connectivity index (χ3n) is 5.22. The molecule has 0 radical (unpaired) electrons. The largest absolute Gasteiger partial charge is 0.316 e. The van der Waals surface area contributed by atoms with E-state index in [4.69, 9.17) is 0 Å². The Morgan fingerprint density at radius 3 is 2.33 bits per heavy atom. The molecular formula is C14H25N. The predicted molar refractivity (Wildman–Crippen MR) is 63.8 cm³/mol. The average molecular weight is 207 g/mol. The third kappa shape index (κ3) is 1.63. The Kier molecular flexibility index (Phi) is 2.18. The molecule has 1 N–H and O–H groups in total. The lowest BCUT2D eigenvalue weighted by Crippen LogP contribution is -2.54. The molecule has 4 fully saturated rings. The summed E-state index contributed by atoms with van der Waals surface area (Å²) in [6, 6.07) is 0. The highest BCUT2D eigenvalue weighted by molar-refractivity contribution is 5.06. The highest BCUT2D eigenvalue weighted by Crippen LogP contribution is 2.64. The van der Waals surface area contributed by atoms with Crippen molar-refractivity contribution in [3.05, 3.63) is 0 Å². The smallest absolute Gasteiger partial charge is 0.000810 e. The first-order chi connectivity index (χ1) is 7.13. The maximum Gasteiger partial charge on any atom is 0.000810 e. The minimum Gasteiger partial charge on any atom is -0.316 e. The minimum absolute atomic E-state index is 0.703. The van der Waals surface area contributed by atoms with Crippen LogP contribution in [0.4, 0.5) is 0 Å². The van der Waals surface area contributed by atoms with Gasteiger partial charge < -0.3 is 5.32 Å². The van der Waals surface area contributed by atoms with Crippen LogP contribution in [0.2, 0.25) is 0 Å². The lowest BCUT2D eigenvalue weighted by molar-refractivity contribution is -0.0996. The van der Waals surface area contributed by atoms with E-state index in [0.29, 0.717) is 5.41 Å². The van der Waals surface area contributed by atoms with Crippen molar-refractivity contribution >= 4 is 0 Å². The Balaban J connectivity index is 1.80. The fourth-order valence-corrected chi connectivity index (χ4v) is 5.53. The van der Waals surface area contributed by atoms with Crippen LogP contribution < -0.4 is 5.32 Å². The molecule has 0 heterocycles. The average Bonchev–Trinajstić information content (AvgIpc) is 2.10. The van der Waals surface area contributed by atoms with Crippen molar-refractivity contribution in [1.82, 2.24) is 5.32 Å². The fourth-order valence-electron chi connectivity index (χ4n) is 5.53. The number of hydrogen-bond donors (Lipinski definition) is 1. The van der Waals surface area contributed by atoms with E-state index in [0.717, 1.165) is 23.8 Å². The van der Waals surface area contributed by atoms with Crippen LogP contribution in [0.25, 0.3) is 0 Å². The topological polar surface area (TPSA) is 12.0 Å². The summed E-state index contributed by atoms with van der Waals surface area (Å²) in [5.74, 6) is 2.16. The van der Waals surface area contributed by atoms with E-state index < -0.39 is 0 Å². The molecule has 86 valence electrons. The number of hydrogen-bond acceptors (Lipinski definition) is 1. The van der Waals surface area contributed by atoms with Gasteiger partial charge in [0.25, 0.3) is 0 Å². The van der Waals surface area contributed by atoms with E-state index in [9.17, 15) is 0 Å². The van der Waals surface area contributed by atoms with E-state index in [1.807, 2.05) is 0 Å². The summed E-state index contributed by atoms with van der Waals surface area (Å²) in [6.07, 6.45) is 9.22. The van der Waals surface area contributed by atoms with Gasteiger partial charge in [0.15, 0.2) is 0 Å². The van der Waals surface area contributed by atoms with Gasteiger partial charge in [0.2, 0.25) is 0 Å². The Labute approximate surface area is 94.0 Å². The molecule has 4 rings (SSSR count). The maximum atomic E-state index is 3.62. The van der Waals surface area contributed by atoms with Crippen molar-refractivity contribution in [2.75, 3.05) is 13.1 Å². The first kappa shape index (κ1) is 10.1. The summed E-state index contributed by atoms with van der Waals surface area (Å²) in [6.45, 7) is 7.24. The van der Waals surface area contributed by atoms with Gasteiger partial charge in [0, 0.05) is 6.54 Å². The summed E-state index contributed by atoms with van der Waals surface area (Å²) in [4.78, 5) is 0. The van der Waals surface area contributed by atoms with Crippen molar-refractivity contribution in [2.45, 2.75) is 52.4 Å². The maximum absolute atomic E-state index is 3.62. The molecule has 2 unspecified atom stereocenters. The second-order valence-corrected chi connectivity index (χ2v) is 7.05. The summed E-state index contributed by atoms with van der Waals surface area (Å²) < 4.78 is 0. The summed E-state index contributed by atoms with van der Waals surface area (Å²) >= 11 is 0. The molecule has 2 atom stereocenters. The lowest BCUT2D eigenvalue weighted by atomic mass is 9.44. The number of rotatable bonds is 3. The molecule has 1 heteroatoms. The van der Waals surface area contributed by atoms with Crippen molar-refractivity contribution in [3.8, 4) is 0 Å². The molecule has 0 aromatic rings. The van der Waals surface area contributed by atoms with E-state index in [-0.39, 0.29) is 0 Å². The van der Waals surface area contributed by atoms with Gasteiger partial charge in [-0.1, -0.05) is 13.8 Å². The molecule has 0 spiro atoms. The van der Waals surface area contributed by atoms with E-state index >= 15 is 0 Å². The summed E-state index contributed by atoms with van der Waals surface area (Å²) in [7, 11) is 0. The minimum atomic E-state index is 0.703. The molecule has 1 nitrogen and oxygen atoms in total. The molecule has 4 saturated carbocycles. The second kappa shape index (κ2) is 3.23. The number of nitrogens with one attached hydrogen (secondary N) is 1. The highest BCUT2D eigenvalue weighted by Gasteiger charge is 2.55. The molecule has 4 aliphatic rings. The summed E-state index contributed by atoms with van der Waals surface area (Å²) in [5, 5.41) is 3.62. The van der Waals surface area contributed by atoms with E-state index in [1.54, 1.807) is 6.42 Å². The van der Waals surface area contributed by atoms with Crippen LogP contribution in [-0.2, 0) is 0 Å². The van der Waals surface area contributed by atoms with Gasteiger partial charge in [-0.05, 0) is 67.7 Å². The van der Waals surface area contributed by atoms with Crippen LogP contribution >= 0.6 is 0 Å². The van der Waals surface area contributed by atoms with Crippen LogP contribution in [0.15, 0.2) is 0 Å². The predicted octanol–water partition coefficient (Wildman–Crippen LogP) is 3.20. The van der Waals surface area contributed by atoms with Gasteiger partial charge in [-0.2, -0.15) is 0 Å². The zero-order valence-electron chi connectivity index (χ0n) is 10.3. The van der Waals surface area contributed by atoms with Crippen molar-refractivity contribution < 1.29 is 0 Å². The van der Waals surface area contributed by atoms with Gasteiger partial charge in [-0.3, -0.25) is 0 Å². The molecule has 0 aromatic heterocycles.